The molecule has 0 bridgehead atoms. The largest absolute Gasteiger partial charge is 0.312 e. The van der Waals surface area contributed by atoms with Crippen molar-refractivity contribution in [3.8, 4) is 0 Å². The summed E-state index contributed by atoms with van der Waals surface area (Å²) in [5.74, 6) is 0. The first-order chi connectivity index (χ1) is 7.36. The lowest BCUT2D eigenvalue weighted by Crippen LogP contribution is -2.11. The molecule has 0 amide bonds. The van der Waals surface area contributed by atoms with Crippen LogP contribution in [0, 0.1) is 0 Å². The highest BCUT2D eigenvalue weighted by atomic mass is 35.5. The molecule has 2 aromatic rings. The van der Waals surface area contributed by atoms with Gasteiger partial charge in [-0.2, -0.15) is 0 Å². The van der Waals surface area contributed by atoms with Gasteiger partial charge in [0.25, 0.3) is 0 Å². The van der Waals surface area contributed by atoms with Crippen molar-refractivity contribution < 1.29 is 0 Å². The number of nitrogens with zero attached hydrogens (tertiary/aromatic N) is 2. The zero-order chi connectivity index (χ0) is 10.3. The van der Waals surface area contributed by atoms with E-state index in [9.17, 15) is 0 Å². The number of fused-ring (bicyclic) bond motifs is 3. The molecule has 0 spiro atoms. The second-order valence-corrected chi connectivity index (χ2v) is 5.07. The quantitative estimate of drug-likeness (QED) is 0.718. The molecular formula is C10H10ClN3S. The molecule has 0 radical (unpaired) electrons. The maximum atomic E-state index is 6.12. The molecule has 15 heavy (non-hydrogen) atoms. The second-order valence-electron chi connectivity index (χ2n) is 3.63. The van der Waals surface area contributed by atoms with Crippen LogP contribution in [-0.4, -0.2) is 16.5 Å². The van der Waals surface area contributed by atoms with Gasteiger partial charge in [0, 0.05) is 11.4 Å². The molecule has 5 heteroatoms. The molecule has 0 unspecified atom stereocenters. The van der Waals surface area contributed by atoms with Crippen molar-refractivity contribution >= 4 is 33.2 Å². The van der Waals surface area contributed by atoms with Crippen LogP contribution in [0.4, 0.5) is 0 Å². The number of nitrogens with one attached hydrogen (secondary N) is 1. The van der Waals surface area contributed by atoms with E-state index in [1.807, 2.05) is 0 Å². The zero-order valence-electron chi connectivity index (χ0n) is 8.09. The number of thiophene rings is 1. The van der Waals surface area contributed by atoms with Crippen molar-refractivity contribution in [1.29, 1.82) is 0 Å². The maximum absolute atomic E-state index is 6.12. The number of hydrogen-bond acceptors (Lipinski definition) is 4. The van der Waals surface area contributed by atoms with Crippen LogP contribution in [0.15, 0.2) is 6.33 Å². The lowest BCUT2D eigenvalue weighted by atomic mass is 10.1. The van der Waals surface area contributed by atoms with Gasteiger partial charge in [0.1, 0.15) is 16.3 Å². The third-order valence-corrected chi connectivity index (χ3v) is 4.12. The van der Waals surface area contributed by atoms with E-state index in [1.165, 1.54) is 16.8 Å². The Morgan fingerprint density at radius 2 is 2.33 bits per heavy atom. The molecule has 1 aliphatic heterocycles. The molecule has 3 heterocycles. The molecule has 3 nitrogen and oxygen atoms in total. The van der Waals surface area contributed by atoms with Crippen LogP contribution in [0.5, 0.6) is 0 Å². The van der Waals surface area contributed by atoms with Crippen LogP contribution in [0.25, 0.3) is 10.2 Å². The molecule has 1 N–H and O–H groups in total. The molecule has 78 valence electrons. The summed E-state index contributed by atoms with van der Waals surface area (Å²) in [7, 11) is 0. The Morgan fingerprint density at radius 1 is 1.40 bits per heavy atom. The molecular weight excluding hydrogens is 230 g/mol. The highest BCUT2D eigenvalue weighted by Gasteiger charge is 2.17. The third-order valence-electron chi connectivity index (χ3n) is 2.69. The molecule has 1 aliphatic rings. The third kappa shape index (κ3) is 1.53. The van der Waals surface area contributed by atoms with Gasteiger partial charge in [-0.3, -0.25) is 0 Å². The normalized spacial score (nSPS) is 16.3. The highest BCUT2D eigenvalue weighted by molar-refractivity contribution is 7.18. The predicted octanol–water partition coefficient (Wildman–Crippen LogP) is 2.38. The van der Waals surface area contributed by atoms with E-state index in [2.05, 4.69) is 15.3 Å². The van der Waals surface area contributed by atoms with E-state index in [0.29, 0.717) is 5.15 Å². The van der Waals surface area contributed by atoms with Gasteiger partial charge in [-0.05, 0) is 24.9 Å². The van der Waals surface area contributed by atoms with Crippen molar-refractivity contribution in [1.82, 2.24) is 15.3 Å². The fourth-order valence-corrected chi connectivity index (χ4v) is 3.46. The maximum Gasteiger partial charge on any atom is 0.141 e. The van der Waals surface area contributed by atoms with Gasteiger partial charge in [-0.15, -0.1) is 11.3 Å². The minimum Gasteiger partial charge on any atom is -0.312 e. The summed E-state index contributed by atoms with van der Waals surface area (Å²) in [6.45, 7) is 2.01. The summed E-state index contributed by atoms with van der Waals surface area (Å²) in [6, 6.07) is 0. The van der Waals surface area contributed by atoms with Crippen molar-refractivity contribution in [3.63, 3.8) is 0 Å². The van der Waals surface area contributed by atoms with Crippen molar-refractivity contribution in [2.45, 2.75) is 19.4 Å². The minimum absolute atomic E-state index is 0.597. The van der Waals surface area contributed by atoms with Gasteiger partial charge in [-0.25, -0.2) is 9.97 Å². The molecule has 3 rings (SSSR count). The SMILES string of the molecule is Clc1ncnc2sc3c(c12)CCCNC3. The zero-order valence-corrected chi connectivity index (χ0v) is 9.66. The van der Waals surface area contributed by atoms with Crippen molar-refractivity contribution in [3.05, 3.63) is 21.9 Å². The van der Waals surface area contributed by atoms with Crippen LogP contribution in [0.2, 0.25) is 5.15 Å². The Balaban J connectivity index is 2.29. The van der Waals surface area contributed by atoms with E-state index in [4.69, 9.17) is 11.6 Å². The average molecular weight is 240 g/mol. The summed E-state index contributed by atoms with van der Waals surface area (Å²) in [5, 5.41) is 5.07. The fraction of sp³-hybridized carbons (Fsp3) is 0.400. The smallest absolute Gasteiger partial charge is 0.141 e. The van der Waals surface area contributed by atoms with E-state index in [1.54, 1.807) is 11.3 Å². The molecule has 0 atom stereocenters. The van der Waals surface area contributed by atoms with Gasteiger partial charge >= 0.3 is 0 Å². The van der Waals surface area contributed by atoms with E-state index < -0.39 is 0 Å². The van der Waals surface area contributed by atoms with E-state index in [0.717, 1.165) is 36.1 Å². The van der Waals surface area contributed by atoms with E-state index in [-0.39, 0.29) is 0 Å². The van der Waals surface area contributed by atoms with Gasteiger partial charge in [0.2, 0.25) is 0 Å². The molecule has 0 aromatic carbocycles. The van der Waals surface area contributed by atoms with Crippen LogP contribution in [-0.2, 0) is 13.0 Å². The Bertz CT molecular complexity index is 509. The topological polar surface area (TPSA) is 37.8 Å². The number of hydrogen-bond donors (Lipinski definition) is 1. The van der Waals surface area contributed by atoms with Crippen LogP contribution >= 0.6 is 22.9 Å². The van der Waals surface area contributed by atoms with Gasteiger partial charge in [-0.1, -0.05) is 11.6 Å². The van der Waals surface area contributed by atoms with Crippen LogP contribution < -0.4 is 5.32 Å². The van der Waals surface area contributed by atoms with Gasteiger partial charge in [0.05, 0.1) is 5.39 Å². The van der Waals surface area contributed by atoms with Crippen molar-refractivity contribution in [2.75, 3.05) is 6.54 Å². The molecule has 0 fully saturated rings. The number of halogens is 1. The highest BCUT2D eigenvalue weighted by Crippen LogP contribution is 2.35. The Kier molecular flexibility index (Phi) is 2.35. The Morgan fingerprint density at radius 3 is 3.27 bits per heavy atom. The molecule has 0 aliphatic carbocycles. The standard InChI is InChI=1S/C10H10ClN3S/c11-9-8-6-2-1-3-12-4-7(6)15-10(8)14-5-13-9/h5,12H,1-4H2. The van der Waals surface area contributed by atoms with E-state index >= 15 is 0 Å². The lowest BCUT2D eigenvalue weighted by Gasteiger charge is -1.98. The summed E-state index contributed by atoms with van der Waals surface area (Å²) < 4.78 is 0. The minimum atomic E-state index is 0.597. The lowest BCUT2D eigenvalue weighted by molar-refractivity contribution is 0.684. The summed E-state index contributed by atoms with van der Waals surface area (Å²) in [4.78, 5) is 10.7. The first-order valence-corrected chi connectivity index (χ1v) is 6.17. The number of rotatable bonds is 0. The second kappa shape index (κ2) is 3.70. The predicted molar refractivity (Wildman–Crippen MR) is 62.5 cm³/mol. The number of aryl methyl sites for hydroxylation is 1. The average Bonchev–Trinajstić information content (AvgIpc) is 2.43. The Hall–Kier alpha value is -0.710. The molecule has 0 saturated heterocycles. The van der Waals surface area contributed by atoms with Crippen LogP contribution in [0.3, 0.4) is 0 Å². The summed E-state index contributed by atoms with van der Waals surface area (Å²) in [5.41, 5.74) is 1.35. The summed E-state index contributed by atoms with van der Waals surface area (Å²) >= 11 is 7.85. The Labute approximate surface area is 96.5 Å². The van der Waals surface area contributed by atoms with Crippen LogP contribution in [0.1, 0.15) is 16.9 Å². The molecule has 0 saturated carbocycles. The van der Waals surface area contributed by atoms with Crippen molar-refractivity contribution in [2.24, 2.45) is 0 Å². The summed E-state index contributed by atoms with van der Waals surface area (Å²) in [6.07, 6.45) is 3.77. The number of aromatic nitrogens is 2. The molecule has 2 aromatic heterocycles. The first kappa shape index (κ1) is 9.51. The van der Waals surface area contributed by atoms with Gasteiger partial charge in [0.15, 0.2) is 0 Å². The monoisotopic (exact) mass is 239 g/mol. The first-order valence-electron chi connectivity index (χ1n) is 4.98. The fourth-order valence-electron chi connectivity index (χ4n) is 2.00. The van der Waals surface area contributed by atoms with Gasteiger partial charge < -0.3 is 5.32 Å².